The fourth-order valence-corrected chi connectivity index (χ4v) is 3.13. The van der Waals surface area contributed by atoms with Crippen LogP contribution in [0, 0.1) is 0 Å². The van der Waals surface area contributed by atoms with Crippen LogP contribution in [-0.4, -0.2) is 29.2 Å². The zero-order chi connectivity index (χ0) is 14.7. The van der Waals surface area contributed by atoms with Crippen LogP contribution >= 0.6 is 11.6 Å². The Morgan fingerprint density at radius 2 is 2.14 bits per heavy atom. The van der Waals surface area contributed by atoms with Gasteiger partial charge in [-0.3, -0.25) is 4.90 Å². The minimum Gasteiger partial charge on any atom is -0.493 e. The van der Waals surface area contributed by atoms with Crippen molar-refractivity contribution in [1.29, 1.82) is 0 Å². The lowest BCUT2D eigenvalue weighted by molar-refractivity contribution is 0.155. The van der Waals surface area contributed by atoms with Gasteiger partial charge in [0.25, 0.3) is 0 Å². The van der Waals surface area contributed by atoms with E-state index >= 15 is 0 Å². The fraction of sp³-hybridized carbons (Fsp3) is 0.412. The quantitative estimate of drug-likeness (QED) is 0.777. The van der Waals surface area contributed by atoms with Crippen molar-refractivity contribution in [3.05, 3.63) is 53.3 Å². The number of hydrogen-bond acceptors (Lipinski definition) is 2. The molecule has 0 saturated heterocycles. The monoisotopic (exact) mass is 304 g/mol. The number of ether oxygens (including phenoxy) is 1. The molecule has 0 aliphatic carbocycles. The Bertz CT molecular complexity index is 596. The number of hydrogen-bond donors (Lipinski definition) is 0. The Hall–Kier alpha value is -1.45. The Balaban J connectivity index is 1.46. The zero-order valence-corrected chi connectivity index (χ0v) is 13.1. The van der Waals surface area contributed by atoms with E-state index in [2.05, 4.69) is 34.7 Å². The first kappa shape index (κ1) is 14.5. The molecule has 0 bridgehead atoms. The summed E-state index contributed by atoms with van der Waals surface area (Å²) in [5, 5.41) is 0.720. The van der Waals surface area contributed by atoms with Gasteiger partial charge in [-0.2, -0.15) is 0 Å². The number of aromatic nitrogens is 1. The van der Waals surface area contributed by atoms with Crippen LogP contribution in [0.5, 0.6) is 5.75 Å². The number of halogens is 1. The first-order valence-corrected chi connectivity index (χ1v) is 7.89. The first-order valence-electron chi connectivity index (χ1n) is 7.51. The third-order valence-electron chi connectivity index (χ3n) is 4.12. The second-order valence-electron chi connectivity index (χ2n) is 5.50. The average Bonchev–Trinajstić information content (AvgIpc) is 2.95. The number of benzene rings is 1. The van der Waals surface area contributed by atoms with Gasteiger partial charge in [-0.15, -0.1) is 0 Å². The molecule has 1 unspecified atom stereocenters. The molecule has 1 aliphatic heterocycles. The van der Waals surface area contributed by atoms with Gasteiger partial charge in [0, 0.05) is 42.6 Å². The van der Waals surface area contributed by atoms with Crippen LogP contribution < -0.4 is 4.74 Å². The molecule has 1 aromatic heterocycles. The minimum atomic E-state index is 0.486. The molecule has 0 amide bonds. The number of fused-ring (bicyclic) bond motifs is 1. The number of rotatable bonds is 5. The van der Waals surface area contributed by atoms with Crippen LogP contribution in [0.15, 0.2) is 42.6 Å². The van der Waals surface area contributed by atoms with Gasteiger partial charge in [0.15, 0.2) is 0 Å². The Morgan fingerprint density at radius 1 is 1.24 bits per heavy atom. The maximum Gasteiger partial charge on any atom is 0.120 e. The lowest BCUT2D eigenvalue weighted by atomic mass is 10.1. The highest BCUT2D eigenvalue weighted by molar-refractivity contribution is 6.30. The smallest absolute Gasteiger partial charge is 0.120 e. The van der Waals surface area contributed by atoms with Gasteiger partial charge in [-0.05, 0) is 43.7 Å². The van der Waals surface area contributed by atoms with E-state index < -0.39 is 0 Å². The standard InChI is InChI=1S/C17H21ClN2O/c1-14-17-7-3-8-20(17)11-10-19(14)9-4-12-21-16-6-2-5-15(18)13-16/h2-3,5-8,13-14H,4,9-12H2,1H3. The molecule has 3 rings (SSSR count). The second kappa shape index (κ2) is 6.54. The molecule has 4 heteroatoms. The highest BCUT2D eigenvalue weighted by Gasteiger charge is 2.22. The summed E-state index contributed by atoms with van der Waals surface area (Å²) in [5.41, 5.74) is 1.41. The molecule has 0 saturated carbocycles. The molecule has 1 aliphatic rings. The largest absolute Gasteiger partial charge is 0.493 e. The molecule has 1 atom stereocenters. The summed E-state index contributed by atoms with van der Waals surface area (Å²) in [6.07, 6.45) is 3.20. The highest BCUT2D eigenvalue weighted by Crippen LogP contribution is 2.25. The lowest BCUT2D eigenvalue weighted by Gasteiger charge is -2.34. The van der Waals surface area contributed by atoms with Gasteiger partial charge in [0.1, 0.15) is 5.75 Å². The third kappa shape index (κ3) is 3.42. The maximum atomic E-state index is 5.95. The van der Waals surface area contributed by atoms with Crippen LogP contribution in [0.2, 0.25) is 5.02 Å². The number of nitrogens with zero attached hydrogens (tertiary/aromatic N) is 2. The summed E-state index contributed by atoms with van der Waals surface area (Å²) in [6, 6.07) is 12.4. The zero-order valence-electron chi connectivity index (χ0n) is 12.3. The molecule has 3 nitrogen and oxygen atoms in total. The van der Waals surface area contributed by atoms with Crippen molar-refractivity contribution in [2.45, 2.75) is 25.9 Å². The molecule has 0 N–H and O–H groups in total. The fourth-order valence-electron chi connectivity index (χ4n) is 2.95. The van der Waals surface area contributed by atoms with E-state index in [0.717, 1.165) is 43.4 Å². The highest BCUT2D eigenvalue weighted by atomic mass is 35.5. The summed E-state index contributed by atoms with van der Waals surface area (Å²) < 4.78 is 8.10. The molecule has 21 heavy (non-hydrogen) atoms. The summed E-state index contributed by atoms with van der Waals surface area (Å²) in [7, 11) is 0. The van der Waals surface area contributed by atoms with Crippen molar-refractivity contribution in [2.75, 3.05) is 19.7 Å². The first-order chi connectivity index (χ1) is 10.2. The second-order valence-corrected chi connectivity index (χ2v) is 5.93. The van der Waals surface area contributed by atoms with Crippen LogP contribution in [-0.2, 0) is 6.54 Å². The molecule has 112 valence electrons. The Kier molecular flexibility index (Phi) is 4.51. The summed E-state index contributed by atoms with van der Waals surface area (Å²) in [6.45, 7) is 6.27. The van der Waals surface area contributed by atoms with Gasteiger partial charge in [0.2, 0.25) is 0 Å². The summed E-state index contributed by atoms with van der Waals surface area (Å²) in [5.74, 6) is 0.850. The van der Waals surface area contributed by atoms with Gasteiger partial charge in [-0.1, -0.05) is 17.7 Å². The molecule has 0 spiro atoms. The van der Waals surface area contributed by atoms with Crippen LogP contribution in [0.1, 0.15) is 25.1 Å². The van der Waals surface area contributed by atoms with Crippen molar-refractivity contribution in [3.63, 3.8) is 0 Å². The van der Waals surface area contributed by atoms with Crippen molar-refractivity contribution in [3.8, 4) is 5.75 Å². The van der Waals surface area contributed by atoms with E-state index in [1.165, 1.54) is 5.69 Å². The predicted molar refractivity (Wildman–Crippen MR) is 86.0 cm³/mol. The van der Waals surface area contributed by atoms with E-state index in [1.807, 2.05) is 24.3 Å². The normalized spacial score (nSPS) is 18.5. The predicted octanol–water partition coefficient (Wildman–Crippen LogP) is 3.99. The lowest BCUT2D eigenvalue weighted by Crippen LogP contribution is -2.37. The Labute approximate surface area is 131 Å². The average molecular weight is 305 g/mol. The van der Waals surface area contributed by atoms with Crippen molar-refractivity contribution in [1.82, 2.24) is 9.47 Å². The molecular weight excluding hydrogens is 284 g/mol. The molecule has 0 radical (unpaired) electrons. The van der Waals surface area contributed by atoms with Crippen LogP contribution in [0.25, 0.3) is 0 Å². The maximum absolute atomic E-state index is 5.95. The SMILES string of the molecule is CC1c2cccn2CCN1CCCOc1cccc(Cl)c1. The van der Waals surface area contributed by atoms with E-state index in [9.17, 15) is 0 Å². The van der Waals surface area contributed by atoms with E-state index in [1.54, 1.807) is 0 Å². The van der Waals surface area contributed by atoms with Gasteiger partial charge in [0.05, 0.1) is 6.61 Å². The van der Waals surface area contributed by atoms with Gasteiger partial charge in [-0.25, -0.2) is 0 Å². The van der Waals surface area contributed by atoms with Crippen LogP contribution in [0.4, 0.5) is 0 Å². The third-order valence-corrected chi connectivity index (χ3v) is 4.36. The Morgan fingerprint density at radius 3 is 3.00 bits per heavy atom. The summed E-state index contributed by atoms with van der Waals surface area (Å²) >= 11 is 5.95. The minimum absolute atomic E-state index is 0.486. The molecule has 2 heterocycles. The van der Waals surface area contributed by atoms with Crippen molar-refractivity contribution in [2.24, 2.45) is 0 Å². The van der Waals surface area contributed by atoms with E-state index in [4.69, 9.17) is 16.3 Å². The molecule has 2 aromatic rings. The molecular formula is C17H21ClN2O. The van der Waals surface area contributed by atoms with Gasteiger partial charge < -0.3 is 9.30 Å². The van der Waals surface area contributed by atoms with Crippen LogP contribution in [0.3, 0.4) is 0 Å². The summed E-state index contributed by atoms with van der Waals surface area (Å²) in [4.78, 5) is 2.52. The van der Waals surface area contributed by atoms with Crippen molar-refractivity contribution < 1.29 is 4.74 Å². The topological polar surface area (TPSA) is 17.4 Å². The molecule has 1 aromatic carbocycles. The van der Waals surface area contributed by atoms with E-state index in [0.29, 0.717) is 6.04 Å². The van der Waals surface area contributed by atoms with Gasteiger partial charge >= 0.3 is 0 Å². The van der Waals surface area contributed by atoms with Crippen molar-refractivity contribution >= 4 is 11.6 Å². The van der Waals surface area contributed by atoms with E-state index in [-0.39, 0.29) is 0 Å². The molecule has 0 fully saturated rings.